The van der Waals surface area contributed by atoms with Crippen molar-refractivity contribution in [3.8, 4) is 11.5 Å². The normalized spacial score (nSPS) is 10.8. The van der Waals surface area contributed by atoms with Gasteiger partial charge in [-0.05, 0) is 34.9 Å². The monoisotopic (exact) mass is 372 g/mol. The van der Waals surface area contributed by atoms with Crippen LogP contribution in [0.3, 0.4) is 0 Å². The van der Waals surface area contributed by atoms with Gasteiger partial charge < -0.3 is 9.47 Å². The van der Waals surface area contributed by atoms with Crippen LogP contribution >= 0.6 is 0 Å². The van der Waals surface area contributed by atoms with E-state index in [-0.39, 0.29) is 5.78 Å². The summed E-state index contributed by atoms with van der Waals surface area (Å²) in [4.78, 5) is 11.6. The Morgan fingerprint density at radius 1 is 0.786 bits per heavy atom. The summed E-state index contributed by atoms with van der Waals surface area (Å²) in [5, 5.41) is 0. The van der Waals surface area contributed by atoms with E-state index in [0.29, 0.717) is 31.1 Å². The molecule has 0 amide bonds. The van der Waals surface area contributed by atoms with Gasteiger partial charge in [-0.2, -0.15) is 0 Å². The fraction of sp³-hybridized carbons (Fsp3) is 0.160. The minimum absolute atomic E-state index is 0.0855. The van der Waals surface area contributed by atoms with Crippen LogP contribution in [0.4, 0.5) is 0 Å². The molecule has 0 spiro atoms. The predicted octanol–water partition coefficient (Wildman–Crippen LogP) is 5.84. The second kappa shape index (κ2) is 10.1. The van der Waals surface area contributed by atoms with Gasteiger partial charge >= 0.3 is 0 Å². The number of hydrogen-bond donors (Lipinski definition) is 0. The quantitative estimate of drug-likeness (QED) is 0.443. The van der Waals surface area contributed by atoms with Crippen LogP contribution in [0, 0.1) is 0 Å². The van der Waals surface area contributed by atoms with Crippen molar-refractivity contribution < 1.29 is 14.3 Å². The third-order valence-corrected chi connectivity index (χ3v) is 4.21. The molecule has 0 bridgehead atoms. The lowest BCUT2D eigenvalue weighted by atomic mass is 10.1. The number of hydrogen-bond acceptors (Lipinski definition) is 3. The second-order valence-electron chi connectivity index (χ2n) is 6.44. The first-order valence-electron chi connectivity index (χ1n) is 9.42. The maximum atomic E-state index is 11.6. The van der Waals surface area contributed by atoms with Crippen molar-refractivity contribution in [1.29, 1.82) is 0 Å². The average Bonchev–Trinajstić information content (AvgIpc) is 2.76. The van der Waals surface area contributed by atoms with Gasteiger partial charge in [0.15, 0.2) is 5.78 Å². The molecule has 0 saturated carbocycles. The molecule has 0 aliphatic carbocycles. The molecule has 0 aliphatic rings. The van der Waals surface area contributed by atoms with E-state index in [9.17, 15) is 4.79 Å². The average molecular weight is 372 g/mol. The molecule has 142 valence electrons. The number of ether oxygens (including phenoxy) is 2. The summed E-state index contributed by atoms with van der Waals surface area (Å²) in [6.45, 7) is 2.79. The highest BCUT2D eigenvalue weighted by atomic mass is 16.5. The maximum Gasteiger partial charge on any atom is 0.155 e. The molecule has 0 heterocycles. The van der Waals surface area contributed by atoms with Gasteiger partial charge in [-0.1, -0.05) is 73.7 Å². The molecule has 3 aromatic rings. The molecule has 0 fully saturated rings. The molecule has 28 heavy (non-hydrogen) atoms. The standard InChI is InChI=1S/C25H24O3/c1-2-23(26)14-13-22-15-24(27-18-20-9-5-3-6-10-20)17-25(16-22)28-19-21-11-7-4-8-12-21/h3-17H,2,18-19H2,1H3/b14-13-. The lowest BCUT2D eigenvalue weighted by molar-refractivity contribution is -0.114. The summed E-state index contributed by atoms with van der Waals surface area (Å²) in [5.74, 6) is 1.50. The van der Waals surface area contributed by atoms with E-state index >= 15 is 0 Å². The SMILES string of the molecule is CCC(=O)/C=C\c1cc(OCc2ccccc2)cc(OCc2ccccc2)c1. The minimum atomic E-state index is 0.0855. The van der Waals surface area contributed by atoms with Crippen molar-refractivity contribution in [2.24, 2.45) is 0 Å². The molecular weight excluding hydrogens is 348 g/mol. The first-order valence-corrected chi connectivity index (χ1v) is 9.42. The Hall–Kier alpha value is -3.33. The number of rotatable bonds is 9. The van der Waals surface area contributed by atoms with Crippen molar-refractivity contribution in [2.75, 3.05) is 0 Å². The minimum Gasteiger partial charge on any atom is -0.489 e. The smallest absolute Gasteiger partial charge is 0.155 e. The fourth-order valence-corrected chi connectivity index (χ4v) is 2.65. The zero-order valence-electron chi connectivity index (χ0n) is 16.0. The Morgan fingerprint density at radius 3 is 1.75 bits per heavy atom. The Bertz CT molecular complexity index is 853. The van der Waals surface area contributed by atoms with Crippen LogP contribution in [-0.2, 0) is 18.0 Å². The lowest BCUT2D eigenvalue weighted by Crippen LogP contribution is -1.98. The predicted molar refractivity (Wildman–Crippen MR) is 112 cm³/mol. The van der Waals surface area contributed by atoms with Crippen LogP contribution in [-0.4, -0.2) is 5.78 Å². The van der Waals surface area contributed by atoms with Crippen LogP contribution in [0.15, 0.2) is 84.9 Å². The van der Waals surface area contributed by atoms with Crippen LogP contribution in [0.5, 0.6) is 11.5 Å². The molecule has 3 rings (SSSR count). The zero-order valence-corrected chi connectivity index (χ0v) is 16.0. The van der Waals surface area contributed by atoms with Crippen molar-refractivity contribution in [1.82, 2.24) is 0 Å². The Morgan fingerprint density at radius 2 is 1.29 bits per heavy atom. The van der Waals surface area contributed by atoms with E-state index in [1.807, 2.05) is 85.8 Å². The summed E-state index contributed by atoms with van der Waals surface area (Å²) in [7, 11) is 0. The highest BCUT2D eigenvalue weighted by molar-refractivity contribution is 5.93. The molecular formula is C25H24O3. The van der Waals surface area contributed by atoms with Gasteiger partial charge in [-0.3, -0.25) is 4.79 Å². The van der Waals surface area contributed by atoms with Gasteiger partial charge in [0.05, 0.1) is 0 Å². The third-order valence-electron chi connectivity index (χ3n) is 4.21. The topological polar surface area (TPSA) is 35.5 Å². The van der Waals surface area contributed by atoms with E-state index < -0.39 is 0 Å². The van der Waals surface area contributed by atoms with Gasteiger partial charge in [0, 0.05) is 12.5 Å². The van der Waals surface area contributed by atoms with Gasteiger partial charge in [-0.15, -0.1) is 0 Å². The molecule has 3 aromatic carbocycles. The molecule has 0 aromatic heterocycles. The number of ketones is 1. The van der Waals surface area contributed by atoms with Crippen LogP contribution in [0.2, 0.25) is 0 Å². The van der Waals surface area contributed by atoms with E-state index in [1.165, 1.54) is 0 Å². The Labute approximate surface area is 166 Å². The second-order valence-corrected chi connectivity index (χ2v) is 6.44. The summed E-state index contributed by atoms with van der Waals surface area (Å²) >= 11 is 0. The first kappa shape index (κ1) is 19.4. The molecule has 0 aliphatic heterocycles. The van der Waals surface area contributed by atoms with Gasteiger partial charge in [0.25, 0.3) is 0 Å². The molecule has 0 radical (unpaired) electrons. The third kappa shape index (κ3) is 6.13. The summed E-state index contributed by atoms with van der Waals surface area (Å²) < 4.78 is 11.9. The fourth-order valence-electron chi connectivity index (χ4n) is 2.65. The van der Waals surface area contributed by atoms with Gasteiger partial charge in [0.2, 0.25) is 0 Å². The highest BCUT2D eigenvalue weighted by Gasteiger charge is 2.04. The molecule has 0 N–H and O–H groups in total. The molecule has 0 unspecified atom stereocenters. The number of benzene rings is 3. The van der Waals surface area contributed by atoms with Crippen molar-refractivity contribution in [3.63, 3.8) is 0 Å². The Balaban J connectivity index is 1.76. The van der Waals surface area contributed by atoms with E-state index in [2.05, 4.69) is 0 Å². The molecule has 3 heteroatoms. The Kier molecular flexibility index (Phi) is 7.02. The highest BCUT2D eigenvalue weighted by Crippen LogP contribution is 2.25. The number of carbonyl (C=O) groups excluding carboxylic acids is 1. The first-order chi connectivity index (χ1) is 13.7. The van der Waals surface area contributed by atoms with Gasteiger partial charge in [-0.25, -0.2) is 0 Å². The molecule has 0 saturated heterocycles. The zero-order chi connectivity index (χ0) is 19.6. The van der Waals surface area contributed by atoms with E-state index in [0.717, 1.165) is 16.7 Å². The summed E-state index contributed by atoms with van der Waals surface area (Å²) in [5.41, 5.74) is 3.06. The number of carbonyl (C=O) groups is 1. The van der Waals surface area contributed by atoms with E-state index in [4.69, 9.17) is 9.47 Å². The van der Waals surface area contributed by atoms with Crippen molar-refractivity contribution >= 4 is 11.9 Å². The van der Waals surface area contributed by atoms with Crippen molar-refractivity contribution in [3.05, 3.63) is 102 Å². The maximum absolute atomic E-state index is 11.6. The van der Waals surface area contributed by atoms with Crippen LogP contribution in [0.25, 0.3) is 6.08 Å². The molecule has 0 atom stereocenters. The summed E-state index contributed by atoms with van der Waals surface area (Å²) in [6, 6.07) is 25.7. The lowest BCUT2D eigenvalue weighted by Gasteiger charge is -2.12. The van der Waals surface area contributed by atoms with Crippen LogP contribution < -0.4 is 9.47 Å². The van der Waals surface area contributed by atoms with E-state index in [1.54, 1.807) is 12.2 Å². The van der Waals surface area contributed by atoms with Crippen LogP contribution in [0.1, 0.15) is 30.0 Å². The number of allylic oxidation sites excluding steroid dienone is 1. The van der Waals surface area contributed by atoms with Crippen molar-refractivity contribution in [2.45, 2.75) is 26.6 Å². The summed E-state index contributed by atoms with van der Waals surface area (Å²) in [6.07, 6.45) is 3.88. The molecule has 3 nitrogen and oxygen atoms in total. The van der Waals surface area contributed by atoms with Gasteiger partial charge in [0.1, 0.15) is 24.7 Å². The largest absolute Gasteiger partial charge is 0.489 e.